The van der Waals surface area contributed by atoms with Gasteiger partial charge in [-0.15, -0.1) is 5.54 Å². The maximum atomic E-state index is 13.7. The van der Waals surface area contributed by atoms with Crippen LogP contribution < -0.4 is 0 Å². The lowest BCUT2D eigenvalue weighted by Crippen LogP contribution is -2.56. The van der Waals surface area contributed by atoms with Crippen LogP contribution in [0.3, 0.4) is 0 Å². The smallest absolute Gasteiger partial charge is 0.310 e. The maximum absolute atomic E-state index is 13.7. The summed E-state index contributed by atoms with van der Waals surface area (Å²) < 4.78 is 34.6. The van der Waals surface area contributed by atoms with Gasteiger partial charge in [0, 0.05) is 61.5 Å². The number of amides is 1. The quantitative estimate of drug-likeness (QED) is 0.364. The first-order valence-electron chi connectivity index (χ1n) is 13.5. The van der Waals surface area contributed by atoms with Crippen molar-refractivity contribution in [1.29, 1.82) is 5.26 Å². The van der Waals surface area contributed by atoms with E-state index in [1.165, 1.54) is 4.31 Å². The monoisotopic (exact) mass is 578 g/mol. The predicted octanol–water partition coefficient (Wildman–Crippen LogP) is 3.19. The molecule has 1 saturated heterocycles. The lowest BCUT2D eigenvalue weighted by Gasteiger charge is -2.39. The molecule has 0 spiro atoms. The Bertz CT molecular complexity index is 1650. The van der Waals surface area contributed by atoms with Crippen molar-refractivity contribution in [3.05, 3.63) is 47.2 Å². The summed E-state index contributed by atoms with van der Waals surface area (Å²) in [5.74, 6) is 3.58. The van der Waals surface area contributed by atoms with Gasteiger partial charge in [0.15, 0.2) is 0 Å². The molecule has 1 amide bonds. The van der Waals surface area contributed by atoms with Gasteiger partial charge in [-0.25, -0.2) is 13.4 Å². The molecule has 3 aromatic rings. The molecular weight excluding hydrogens is 544 g/mol. The number of likely N-dealkylation sites (N-methyl/N-ethyl adjacent to an activating group) is 1. The standard InChI is InChI=1S/C28H34N6O4SSi/c1-32-12-9-24-25(19-32)38-27(31-24)28(35)34-14-13-33(18-22(34)6-5-11-29)39(36,37)26-17-21-16-20(7-8-23(21)30-26)10-15-40(2,3)4/h7-8,16-17,22,30H,5-6,9,12-14,18-19H2,1-4H3. The van der Waals surface area contributed by atoms with Crippen LogP contribution in [0.4, 0.5) is 0 Å². The Morgan fingerprint density at radius 3 is 2.77 bits per heavy atom. The molecule has 1 unspecified atom stereocenters. The Morgan fingerprint density at radius 1 is 1.23 bits per heavy atom. The van der Waals surface area contributed by atoms with Crippen LogP contribution in [-0.2, 0) is 23.0 Å². The number of benzene rings is 1. The van der Waals surface area contributed by atoms with Gasteiger partial charge in [0.2, 0.25) is 0 Å². The zero-order chi connectivity index (χ0) is 28.7. The van der Waals surface area contributed by atoms with Gasteiger partial charge in [0.05, 0.1) is 18.3 Å². The molecule has 2 aliphatic heterocycles. The largest absolute Gasteiger partial charge is 0.436 e. The van der Waals surface area contributed by atoms with E-state index >= 15 is 0 Å². The van der Waals surface area contributed by atoms with Crippen LogP contribution in [0.25, 0.3) is 10.9 Å². The molecule has 1 fully saturated rings. The number of hydrogen-bond acceptors (Lipinski definition) is 7. The topological polar surface area (TPSA) is 127 Å². The number of fused-ring (bicyclic) bond motifs is 2. The van der Waals surface area contributed by atoms with Crippen LogP contribution in [0, 0.1) is 22.8 Å². The van der Waals surface area contributed by atoms with Crippen LogP contribution in [0.5, 0.6) is 0 Å². The Balaban J connectivity index is 1.37. The minimum absolute atomic E-state index is 0.0298. The molecule has 12 heteroatoms. The summed E-state index contributed by atoms with van der Waals surface area (Å²) in [7, 11) is -3.43. The number of nitrogens with zero attached hydrogens (tertiary/aromatic N) is 5. The number of rotatable bonds is 5. The highest BCUT2D eigenvalue weighted by molar-refractivity contribution is 7.89. The number of aromatic nitrogens is 2. The van der Waals surface area contributed by atoms with E-state index in [2.05, 4.69) is 52.0 Å². The summed E-state index contributed by atoms with van der Waals surface area (Å²) in [6, 6.07) is 8.93. The van der Waals surface area contributed by atoms with Gasteiger partial charge < -0.3 is 14.3 Å². The van der Waals surface area contributed by atoms with Gasteiger partial charge in [0.1, 0.15) is 18.9 Å². The summed E-state index contributed by atoms with van der Waals surface area (Å²) >= 11 is 0. The van der Waals surface area contributed by atoms with E-state index in [-0.39, 0.29) is 42.9 Å². The highest BCUT2D eigenvalue weighted by Crippen LogP contribution is 2.27. The third kappa shape index (κ3) is 5.86. The molecule has 0 aliphatic carbocycles. The van der Waals surface area contributed by atoms with Crippen molar-refractivity contribution in [2.75, 3.05) is 33.2 Å². The molecular formula is C28H34N6O4SSi. The number of hydrogen-bond donors (Lipinski definition) is 1. The van der Waals surface area contributed by atoms with E-state index in [0.29, 0.717) is 30.7 Å². The number of oxazole rings is 1. The highest BCUT2D eigenvalue weighted by Gasteiger charge is 2.39. The summed E-state index contributed by atoms with van der Waals surface area (Å²) in [5, 5.41) is 10.1. The Kier molecular flexibility index (Phi) is 7.64. The van der Waals surface area contributed by atoms with Gasteiger partial charge in [-0.2, -0.15) is 9.57 Å². The normalized spacial score (nSPS) is 18.7. The van der Waals surface area contributed by atoms with Crippen molar-refractivity contribution in [2.45, 2.75) is 56.5 Å². The zero-order valence-electron chi connectivity index (χ0n) is 23.3. The van der Waals surface area contributed by atoms with Crippen molar-refractivity contribution >= 4 is 34.9 Å². The number of nitrogens with one attached hydrogen (secondary N) is 1. The van der Waals surface area contributed by atoms with Crippen LogP contribution in [0.1, 0.15) is 40.5 Å². The number of nitriles is 1. The SMILES string of the molecule is CN1CCc2nc(C(=O)N3CCN(S(=O)(=O)c4cc5cc(C#C[Si](C)(C)C)ccc5[nH]4)CC3CCC#N)oc2C1. The minimum Gasteiger partial charge on any atom is -0.436 e. The van der Waals surface area contributed by atoms with E-state index in [9.17, 15) is 18.5 Å². The molecule has 1 N–H and O–H groups in total. The molecule has 0 saturated carbocycles. The van der Waals surface area contributed by atoms with E-state index in [0.717, 1.165) is 23.2 Å². The first-order chi connectivity index (χ1) is 18.9. The van der Waals surface area contributed by atoms with Gasteiger partial charge >= 0.3 is 5.91 Å². The average molecular weight is 579 g/mol. The Hall–Kier alpha value is -3.42. The number of carbonyl (C=O) groups excluding carboxylic acids is 1. The minimum atomic E-state index is -3.87. The fourth-order valence-electron chi connectivity index (χ4n) is 5.05. The molecule has 2 aliphatic rings. The number of carbonyl (C=O) groups is 1. The van der Waals surface area contributed by atoms with E-state index in [1.54, 1.807) is 11.0 Å². The molecule has 210 valence electrons. The summed E-state index contributed by atoms with van der Waals surface area (Å²) in [6.45, 7) is 8.35. The number of aromatic amines is 1. The second-order valence-electron chi connectivity index (χ2n) is 11.5. The first-order valence-corrected chi connectivity index (χ1v) is 18.4. The fraction of sp³-hybridized carbons (Fsp3) is 0.464. The van der Waals surface area contributed by atoms with Gasteiger partial charge in [-0.3, -0.25) is 9.69 Å². The average Bonchev–Trinajstić information content (AvgIpc) is 3.54. The lowest BCUT2D eigenvalue weighted by atomic mass is 10.1. The van der Waals surface area contributed by atoms with Crippen molar-refractivity contribution in [3.8, 4) is 17.5 Å². The number of H-pyrrole nitrogens is 1. The van der Waals surface area contributed by atoms with Crippen LogP contribution >= 0.6 is 0 Å². The third-order valence-corrected chi connectivity index (χ3v) is 9.86. The first kappa shape index (κ1) is 28.1. The molecule has 0 bridgehead atoms. The third-order valence-electron chi connectivity index (χ3n) is 7.20. The van der Waals surface area contributed by atoms with Crippen molar-refractivity contribution in [1.82, 2.24) is 24.1 Å². The van der Waals surface area contributed by atoms with Crippen LogP contribution in [0.15, 0.2) is 33.7 Å². The molecule has 40 heavy (non-hydrogen) atoms. The van der Waals surface area contributed by atoms with Crippen LogP contribution in [-0.4, -0.2) is 85.7 Å². The van der Waals surface area contributed by atoms with E-state index in [4.69, 9.17) is 4.42 Å². The fourth-order valence-corrected chi connectivity index (χ4v) is 7.05. The highest BCUT2D eigenvalue weighted by atomic mass is 32.2. The summed E-state index contributed by atoms with van der Waals surface area (Å²) in [5.41, 5.74) is 5.70. The Morgan fingerprint density at radius 2 is 2.02 bits per heavy atom. The molecule has 0 radical (unpaired) electrons. The molecule has 2 aromatic heterocycles. The zero-order valence-corrected chi connectivity index (χ0v) is 25.1. The maximum Gasteiger partial charge on any atom is 0.310 e. The molecule has 10 nitrogen and oxygen atoms in total. The number of piperazine rings is 1. The second kappa shape index (κ2) is 10.9. The molecule has 4 heterocycles. The molecule has 1 aromatic carbocycles. The van der Waals surface area contributed by atoms with Crippen molar-refractivity contribution < 1.29 is 17.6 Å². The van der Waals surface area contributed by atoms with Gasteiger partial charge in [0.25, 0.3) is 15.9 Å². The predicted molar refractivity (Wildman–Crippen MR) is 153 cm³/mol. The second-order valence-corrected chi connectivity index (χ2v) is 18.2. The van der Waals surface area contributed by atoms with Gasteiger partial charge in [-0.1, -0.05) is 25.6 Å². The van der Waals surface area contributed by atoms with Gasteiger partial charge in [-0.05, 0) is 37.7 Å². The van der Waals surface area contributed by atoms with E-state index < -0.39 is 24.1 Å². The molecule has 1 atom stereocenters. The van der Waals surface area contributed by atoms with E-state index in [1.807, 2.05) is 25.2 Å². The summed E-state index contributed by atoms with van der Waals surface area (Å²) in [4.78, 5) is 24.7. The summed E-state index contributed by atoms with van der Waals surface area (Å²) in [6.07, 6.45) is 1.26. The van der Waals surface area contributed by atoms with Crippen molar-refractivity contribution in [2.24, 2.45) is 0 Å². The lowest BCUT2D eigenvalue weighted by molar-refractivity contribution is 0.0510. The van der Waals surface area contributed by atoms with Crippen LogP contribution in [0.2, 0.25) is 19.6 Å². The van der Waals surface area contributed by atoms with Crippen molar-refractivity contribution in [3.63, 3.8) is 0 Å². The molecule has 5 rings (SSSR count). The Labute approximate surface area is 236 Å². The number of sulfonamides is 1.